The fourth-order valence-corrected chi connectivity index (χ4v) is 0.586. The summed E-state index contributed by atoms with van der Waals surface area (Å²) in [6.45, 7) is 8.84. The Kier molecular flexibility index (Phi) is 4.12. The number of hydrogen-bond donors (Lipinski definition) is 0. The monoisotopic (exact) mass is 125 g/mol. The Balaban J connectivity index is 3.71. The van der Waals surface area contributed by atoms with Crippen molar-refractivity contribution in [1.82, 2.24) is 4.90 Å². The quantitative estimate of drug-likeness (QED) is 0.519. The van der Waals surface area contributed by atoms with Crippen LogP contribution < -0.4 is 0 Å². The summed E-state index contributed by atoms with van der Waals surface area (Å²) in [6.07, 6.45) is 1.96. The van der Waals surface area contributed by atoms with E-state index in [1.807, 2.05) is 6.08 Å². The van der Waals surface area contributed by atoms with Gasteiger partial charge >= 0.3 is 0 Å². The third-order valence-electron chi connectivity index (χ3n) is 1.55. The van der Waals surface area contributed by atoms with E-state index in [1.165, 1.54) is 0 Å². The number of nitrogens with zero attached hydrogens (tertiary/aromatic N) is 1. The van der Waals surface area contributed by atoms with Gasteiger partial charge in [-0.1, -0.05) is 13.5 Å². The summed E-state index contributed by atoms with van der Waals surface area (Å²) in [5.74, 6) is 0. The predicted octanol–water partition coefficient (Wildman–Crippen LogP) is 1.67. The molecule has 0 radical (unpaired) electrons. The van der Waals surface area contributed by atoms with Gasteiger partial charge in [0.15, 0.2) is 0 Å². The van der Waals surface area contributed by atoms with Crippen LogP contribution in [0.4, 0.5) is 0 Å². The lowest BCUT2D eigenvalue weighted by atomic mass is 10.3. The molecule has 0 N–H and O–H groups in total. The van der Waals surface area contributed by atoms with Gasteiger partial charge in [0.2, 0.25) is 0 Å². The van der Waals surface area contributed by atoms with Crippen molar-refractivity contribution in [3.05, 3.63) is 18.4 Å². The fraction of sp³-hybridized carbons (Fsp3) is 0.625. The van der Waals surface area contributed by atoms with Gasteiger partial charge in [0.25, 0.3) is 0 Å². The van der Waals surface area contributed by atoms with Crippen molar-refractivity contribution < 1.29 is 0 Å². The van der Waals surface area contributed by atoms with Crippen LogP contribution >= 0.6 is 0 Å². The summed E-state index contributed by atoms with van der Waals surface area (Å²) in [7, 11) is 2.08. The Labute approximate surface area is 57.7 Å². The molecule has 1 unspecified atom stereocenters. The van der Waals surface area contributed by atoms with Crippen LogP contribution in [-0.2, 0) is 0 Å². The molecular weight excluding hydrogens is 110 g/mol. The first-order valence-electron chi connectivity index (χ1n) is 3.28. The van der Waals surface area contributed by atoms with Gasteiger partial charge < -0.3 is 0 Å². The second-order valence-corrected chi connectivity index (χ2v) is 2.18. The van der Waals surface area contributed by atoms with E-state index < -0.39 is 0 Å². The van der Waals surface area contributed by atoms with Gasteiger partial charge in [0.05, 0.1) is 0 Å². The van der Waals surface area contributed by atoms with Crippen molar-refractivity contribution in [2.45, 2.75) is 19.9 Å². The van der Waals surface area contributed by atoms with Gasteiger partial charge in [-0.3, -0.25) is 4.90 Å². The average Bonchev–Trinajstić information content (AvgIpc) is 1.87. The molecule has 0 rings (SSSR count). The highest BCUT2D eigenvalue weighted by atomic mass is 15.1. The van der Waals surface area contributed by atoms with E-state index in [1.54, 1.807) is 0 Å². The Hall–Kier alpha value is -0.520. The van der Waals surface area contributed by atoms with E-state index >= 15 is 0 Å². The zero-order valence-corrected chi connectivity index (χ0v) is 6.52. The molecule has 0 amide bonds. The van der Waals surface area contributed by atoms with Crippen molar-refractivity contribution in [1.29, 1.82) is 0 Å². The molecule has 1 atom stereocenters. The van der Waals surface area contributed by atoms with Crippen molar-refractivity contribution in [2.75, 3.05) is 13.6 Å². The highest BCUT2D eigenvalue weighted by molar-refractivity contribution is 4.87. The van der Waals surface area contributed by atoms with Crippen LogP contribution in [-0.4, -0.2) is 24.5 Å². The fourth-order valence-electron chi connectivity index (χ4n) is 0.586. The van der Waals surface area contributed by atoms with Gasteiger partial charge in [-0.25, -0.2) is 0 Å². The molecule has 0 aromatic rings. The number of rotatable bonds is 3. The zero-order valence-electron chi connectivity index (χ0n) is 6.52. The topological polar surface area (TPSA) is 3.24 Å². The Morgan fingerprint density at radius 1 is 1.78 bits per heavy atom. The van der Waals surface area contributed by atoms with Gasteiger partial charge in [-0.15, -0.1) is 5.73 Å². The van der Waals surface area contributed by atoms with Gasteiger partial charge in [0.1, 0.15) is 0 Å². The SMILES string of the molecule is C=C=CC(C)N(C)CC. The molecule has 0 aliphatic heterocycles. The Morgan fingerprint density at radius 2 is 2.33 bits per heavy atom. The first-order chi connectivity index (χ1) is 4.22. The predicted molar refractivity (Wildman–Crippen MR) is 41.5 cm³/mol. The molecule has 0 heterocycles. The lowest BCUT2D eigenvalue weighted by Gasteiger charge is -2.18. The minimum Gasteiger partial charge on any atom is -0.300 e. The molecule has 1 nitrogen and oxygen atoms in total. The largest absolute Gasteiger partial charge is 0.300 e. The lowest BCUT2D eigenvalue weighted by Crippen LogP contribution is -2.26. The molecule has 0 bridgehead atoms. The highest BCUT2D eigenvalue weighted by Crippen LogP contribution is 1.93. The summed E-state index contributed by atoms with van der Waals surface area (Å²) >= 11 is 0. The van der Waals surface area contributed by atoms with Gasteiger partial charge in [-0.2, -0.15) is 0 Å². The molecule has 52 valence electrons. The molecule has 0 saturated carbocycles. The second-order valence-electron chi connectivity index (χ2n) is 2.18. The van der Waals surface area contributed by atoms with E-state index in [-0.39, 0.29) is 0 Å². The van der Waals surface area contributed by atoms with Gasteiger partial charge in [-0.05, 0) is 26.6 Å². The highest BCUT2D eigenvalue weighted by Gasteiger charge is 1.99. The van der Waals surface area contributed by atoms with Crippen LogP contribution in [0.2, 0.25) is 0 Å². The number of hydrogen-bond acceptors (Lipinski definition) is 1. The average molecular weight is 125 g/mol. The van der Waals surface area contributed by atoms with E-state index in [0.29, 0.717) is 6.04 Å². The molecule has 0 aliphatic rings. The molecule has 0 aliphatic carbocycles. The first-order valence-corrected chi connectivity index (χ1v) is 3.28. The minimum absolute atomic E-state index is 0.465. The molecule has 0 spiro atoms. The minimum atomic E-state index is 0.465. The Bertz CT molecular complexity index is 112. The second kappa shape index (κ2) is 4.37. The summed E-state index contributed by atoms with van der Waals surface area (Å²) < 4.78 is 0. The summed E-state index contributed by atoms with van der Waals surface area (Å²) in [6, 6.07) is 0.465. The molecular formula is C8H15N. The Morgan fingerprint density at radius 3 is 2.67 bits per heavy atom. The molecule has 9 heavy (non-hydrogen) atoms. The third kappa shape index (κ3) is 3.12. The maximum absolute atomic E-state index is 3.51. The smallest absolute Gasteiger partial charge is 0.0321 e. The first kappa shape index (κ1) is 8.48. The molecule has 0 aromatic heterocycles. The summed E-state index contributed by atoms with van der Waals surface area (Å²) in [5, 5.41) is 0. The van der Waals surface area contributed by atoms with Crippen molar-refractivity contribution in [3.63, 3.8) is 0 Å². The molecule has 0 saturated heterocycles. The van der Waals surface area contributed by atoms with Gasteiger partial charge in [0, 0.05) is 6.04 Å². The maximum Gasteiger partial charge on any atom is 0.0321 e. The molecule has 0 aromatic carbocycles. The van der Waals surface area contributed by atoms with Crippen LogP contribution in [0.5, 0.6) is 0 Å². The maximum atomic E-state index is 3.51. The van der Waals surface area contributed by atoms with Crippen molar-refractivity contribution in [2.24, 2.45) is 0 Å². The van der Waals surface area contributed by atoms with Crippen LogP contribution in [0.25, 0.3) is 0 Å². The van der Waals surface area contributed by atoms with E-state index in [2.05, 4.69) is 38.1 Å². The van der Waals surface area contributed by atoms with E-state index in [0.717, 1.165) is 6.54 Å². The summed E-state index contributed by atoms with van der Waals surface area (Å²) in [5.41, 5.74) is 2.77. The van der Waals surface area contributed by atoms with E-state index in [4.69, 9.17) is 0 Å². The van der Waals surface area contributed by atoms with Crippen LogP contribution in [0.15, 0.2) is 18.4 Å². The normalized spacial score (nSPS) is 12.9. The van der Waals surface area contributed by atoms with E-state index in [9.17, 15) is 0 Å². The molecule has 0 fully saturated rings. The zero-order chi connectivity index (χ0) is 7.28. The summed E-state index contributed by atoms with van der Waals surface area (Å²) in [4.78, 5) is 2.22. The third-order valence-corrected chi connectivity index (χ3v) is 1.55. The molecule has 1 heteroatoms. The van der Waals surface area contributed by atoms with Crippen LogP contribution in [0.1, 0.15) is 13.8 Å². The van der Waals surface area contributed by atoms with Crippen LogP contribution in [0, 0.1) is 0 Å². The number of likely N-dealkylation sites (N-methyl/N-ethyl adjacent to an activating group) is 1. The van der Waals surface area contributed by atoms with Crippen LogP contribution in [0.3, 0.4) is 0 Å². The van der Waals surface area contributed by atoms with Crippen molar-refractivity contribution in [3.8, 4) is 0 Å². The standard InChI is InChI=1S/C8H15N/c1-5-7-8(3)9(4)6-2/h7-8H,1,6H2,2-4H3. The van der Waals surface area contributed by atoms with Crippen molar-refractivity contribution >= 4 is 0 Å². The lowest BCUT2D eigenvalue weighted by molar-refractivity contribution is 0.314.